The molecule has 0 bridgehead atoms. The predicted octanol–water partition coefficient (Wildman–Crippen LogP) is 3.09. The molecule has 1 atom stereocenters. The molecule has 3 rings (SSSR count). The highest BCUT2D eigenvalue weighted by molar-refractivity contribution is 6.14. The molecule has 1 amide bonds. The third-order valence-electron chi connectivity index (χ3n) is 3.66. The Balaban J connectivity index is 2.43. The van der Waals surface area contributed by atoms with Gasteiger partial charge in [0.15, 0.2) is 22.9 Å². The van der Waals surface area contributed by atoms with E-state index in [1.165, 1.54) is 6.92 Å². The summed E-state index contributed by atoms with van der Waals surface area (Å²) < 4.78 is 10.9. The van der Waals surface area contributed by atoms with E-state index in [1.807, 2.05) is 13.0 Å². The van der Waals surface area contributed by atoms with Gasteiger partial charge in [-0.25, -0.2) is 0 Å². The molecule has 1 aromatic carbocycles. The SMILES string of the molecule is COc1ccc2c3c(c(C(C)=O)oc13)NC(=O)CC2C. The fourth-order valence-electron chi connectivity index (χ4n) is 2.72. The van der Waals surface area contributed by atoms with Crippen molar-refractivity contribution in [2.24, 2.45) is 0 Å². The van der Waals surface area contributed by atoms with Crippen LogP contribution in [0, 0.1) is 0 Å². The first kappa shape index (κ1) is 12.7. The molecule has 0 fully saturated rings. The first-order valence-corrected chi connectivity index (χ1v) is 6.47. The van der Waals surface area contributed by atoms with Crippen LogP contribution in [-0.2, 0) is 4.79 Å². The van der Waals surface area contributed by atoms with Crippen molar-refractivity contribution in [3.63, 3.8) is 0 Å². The van der Waals surface area contributed by atoms with E-state index >= 15 is 0 Å². The molecule has 104 valence electrons. The summed E-state index contributed by atoms with van der Waals surface area (Å²) >= 11 is 0. The van der Waals surface area contributed by atoms with Crippen LogP contribution in [0.1, 0.15) is 42.3 Å². The smallest absolute Gasteiger partial charge is 0.225 e. The first-order chi connectivity index (χ1) is 9.52. The van der Waals surface area contributed by atoms with Gasteiger partial charge in [0.25, 0.3) is 0 Å². The van der Waals surface area contributed by atoms with Gasteiger partial charge >= 0.3 is 0 Å². The quantitative estimate of drug-likeness (QED) is 0.854. The summed E-state index contributed by atoms with van der Waals surface area (Å²) in [6, 6.07) is 3.73. The van der Waals surface area contributed by atoms with Gasteiger partial charge in [0.1, 0.15) is 0 Å². The third-order valence-corrected chi connectivity index (χ3v) is 3.66. The highest BCUT2D eigenvalue weighted by Crippen LogP contribution is 2.43. The monoisotopic (exact) mass is 273 g/mol. The number of furan rings is 1. The maximum Gasteiger partial charge on any atom is 0.225 e. The Bertz CT molecular complexity index is 729. The van der Waals surface area contributed by atoms with Crippen molar-refractivity contribution in [2.75, 3.05) is 12.4 Å². The molecule has 5 nitrogen and oxygen atoms in total. The second kappa shape index (κ2) is 4.37. The maximum absolute atomic E-state index is 11.9. The summed E-state index contributed by atoms with van der Waals surface area (Å²) in [6.45, 7) is 3.40. The Hall–Kier alpha value is -2.30. The molecular formula is C15H15NO4. The zero-order valence-electron chi connectivity index (χ0n) is 11.6. The Morgan fingerprint density at radius 3 is 2.85 bits per heavy atom. The molecule has 1 unspecified atom stereocenters. The van der Waals surface area contributed by atoms with E-state index in [2.05, 4.69) is 5.32 Å². The minimum atomic E-state index is -0.223. The van der Waals surface area contributed by atoms with E-state index < -0.39 is 0 Å². The number of benzene rings is 1. The molecule has 1 aromatic heterocycles. The van der Waals surface area contributed by atoms with E-state index in [0.29, 0.717) is 23.4 Å². The van der Waals surface area contributed by atoms with Crippen molar-refractivity contribution < 1.29 is 18.7 Å². The molecule has 5 heteroatoms. The topological polar surface area (TPSA) is 68.5 Å². The first-order valence-electron chi connectivity index (χ1n) is 6.47. The summed E-state index contributed by atoms with van der Waals surface area (Å²) in [7, 11) is 1.55. The number of carbonyl (C=O) groups is 2. The molecule has 0 aliphatic carbocycles. The highest BCUT2D eigenvalue weighted by Gasteiger charge is 2.29. The van der Waals surface area contributed by atoms with Crippen LogP contribution in [0.4, 0.5) is 5.69 Å². The largest absolute Gasteiger partial charge is 0.493 e. The van der Waals surface area contributed by atoms with Crippen molar-refractivity contribution in [1.29, 1.82) is 0 Å². The van der Waals surface area contributed by atoms with Gasteiger partial charge in [-0.05, 0) is 17.5 Å². The van der Waals surface area contributed by atoms with Gasteiger partial charge in [0, 0.05) is 13.3 Å². The van der Waals surface area contributed by atoms with Gasteiger partial charge in [0.2, 0.25) is 5.91 Å². The standard InChI is InChI=1S/C15H15NO4/c1-7-6-11(18)16-13-12-9(7)4-5-10(19-3)15(12)20-14(13)8(2)17/h4-5,7H,6H2,1-3H3,(H,16,18). The molecule has 0 saturated carbocycles. The van der Waals surface area contributed by atoms with E-state index in [0.717, 1.165) is 10.9 Å². The van der Waals surface area contributed by atoms with Crippen LogP contribution in [0.15, 0.2) is 16.5 Å². The number of amides is 1. The molecule has 1 N–H and O–H groups in total. The number of methoxy groups -OCH3 is 1. The molecule has 2 aromatic rings. The number of hydrogen-bond donors (Lipinski definition) is 1. The summed E-state index contributed by atoms with van der Waals surface area (Å²) in [5.74, 6) is 0.452. The molecule has 1 aliphatic heterocycles. The average Bonchev–Trinajstić information content (AvgIpc) is 2.71. The van der Waals surface area contributed by atoms with Gasteiger partial charge in [-0.15, -0.1) is 0 Å². The van der Waals surface area contributed by atoms with Crippen molar-refractivity contribution in [1.82, 2.24) is 0 Å². The van der Waals surface area contributed by atoms with Crippen LogP contribution in [0.3, 0.4) is 0 Å². The van der Waals surface area contributed by atoms with Crippen molar-refractivity contribution in [3.05, 3.63) is 23.5 Å². The zero-order chi connectivity index (χ0) is 14.4. The van der Waals surface area contributed by atoms with Gasteiger partial charge in [-0.2, -0.15) is 0 Å². The van der Waals surface area contributed by atoms with E-state index in [9.17, 15) is 9.59 Å². The summed E-state index contributed by atoms with van der Waals surface area (Å²) in [5.41, 5.74) is 1.97. The highest BCUT2D eigenvalue weighted by atomic mass is 16.5. The number of ether oxygens (including phenoxy) is 1. The number of rotatable bonds is 2. The summed E-state index contributed by atoms with van der Waals surface area (Å²) in [4.78, 5) is 23.7. The van der Waals surface area contributed by atoms with Crippen LogP contribution in [0.25, 0.3) is 11.0 Å². The second-order valence-electron chi connectivity index (χ2n) is 5.08. The van der Waals surface area contributed by atoms with Crippen LogP contribution in [-0.4, -0.2) is 18.8 Å². The lowest BCUT2D eigenvalue weighted by Crippen LogP contribution is -2.12. The summed E-state index contributed by atoms with van der Waals surface area (Å²) in [5, 5.41) is 3.56. The second-order valence-corrected chi connectivity index (χ2v) is 5.08. The average molecular weight is 273 g/mol. The van der Waals surface area contributed by atoms with Crippen molar-refractivity contribution >= 4 is 28.3 Å². The fraction of sp³-hybridized carbons (Fsp3) is 0.333. The molecule has 20 heavy (non-hydrogen) atoms. The molecular weight excluding hydrogens is 258 g/mol. The lowest BCUT2D eigenvalue weighted by atomic mass is 9.95. The maximum atomic E-state index is 11.9. The van der Waals surface area contributed by atoms with Crippen LogP contribution in [0.5, 0.6) is 5.75 Å². The number of Topliss-reactive ketones (excluding diaryl/α,β-unsaturated/α-hetero) is 1. The number of carbonyl (C=O) groups excluding carboxylic acids is 2. The number of anilines is 1. The van der Waals surface area contributed by atoms with Gasteiger partial charge in [-0.3, -0.25) is 9.59 Å². The van der Waals surface area contributed by atoms with Crippen LogP contribution in [0.2, 0.25) is 0 Å². The number of ketones is 1. The van der Waals surface area contributed by atoms with Gasteiger partial charge < -0.3 is 14.5 Å². The molecule has 0 spiro atoms. The molecule has 0 saturated heterocycles. The minimum Gasteiger partial charge on any atom is -0.493 e. The third kappa shape index (κ3) is 1.70. The summed E-state index contributed by atoms with van der Waals surface area (Å²) in [6.07, 6.45) is 0.382. The lowest BCUT2D eigenvalue weighted by molar-refractivity contribution is -0.116. The zero-order valence-corrected chi connectivity index (χ0v) is 11.6. The Morgan fingerprint density at radius 2 is 2.20 bits per heavy atom. The molecule has 1 aliphatic rings. The van der Waals surface area contributed by atoms with E-state index in [-0.39, 0.29) is 23.4 Å². The Morgan fingerprint density at radius 1 is 1.45 bits per heavy atom. The number of nitrogens with one attached hydrogen (secondary N) is 1. The predicted molar refractivity (Wildman–Crippen MR) is 74.4 cm³/mol. The molecule has 2 heterocycles. The normalized spacial score (nSPS) is 17.8. The van der Waals surface area contributed by atoms with E-state index in [4.69, 9.17) is 9.15 Å². The van der Waals surface area contributed by atoms with Gasteiger partial charge in [0.05, 0.1) is 18.2 Å². The molecule has 0 radical (unpaired) electrons. The Kier molecular flexibility index (Phi) is 2.78. The fourth-order valence-corrected chi connectivity index (χ4v) is 2.72. The lowest BCUT2D eigenvalue weighted by Gasteiger charge is -2.10. The van der Waals surface area contributed by atoms with Gasteiger partial charge in [-0.1, -0.05) is 13.0 Å². The van der Waals surface area contributed by atoms with E-state index in [1.54, 1.807) is 13.2 Å². The van der Waals surface area contributed by atoms with Crippen LogP contribution >= 0.6 is 0 Å². The Labute approximate surface area is 115 Å². The van der Waals surface area contributed by atoms with Crippen LogP contribution < -0.4 is 10.1 Å². The minimum absolute atomic E-state index is 0.0575. The van der Waals surface area contributed by atoms with Crippen molar-refractivity contribution in [3.8, 4) is 5.75 Å². The van der Waals surface area contributed by atoms with Crippen molar-refractivity contribution in [2.45, 2.75) is 26.2 Å². The number of hydrogen-bond acceptors (Lipinski definition) is 4.